The van der Waals surface area contributed by atoms with Crippen LogP contribution in [0.15, 0.2) is 70.3 Å². The van der Waals surface area contributed by atoms with Crippen molar-refractivity contribution in [1.29, 1.82) is 0 Å². The van der Waals surface area contributed by atoms with E-state index in [9.17, 15) is 9.59 Å². The Labute approximate surface area is 146 Å². The maximum Gasteiger partial charge on any atom is 0.328 e. The summed E-state index contributed by atoms with van der Waals surface area (Å²) in [6.07, 6.45) is 0.547. The molecule has 3 aromatic rings. The van der Waals surface area contributed by atoms with Gasteiger partial charge in [0.05, 0.1) is 6.54 Å². The van der Waals surface area contributed by atoms with Gasteiger partial charge in [-0.25, -0.2) is 4.79 Å². The highest BCUT2D eigenvalue weighted by molar-refractivity contribution is 5.28. The summed E-state index contributed by atoms with van der Waals surface area (Å²) in [4.78, 5) is 28.5. The van der Waals surface area contributed by atoms with E-state index in [2.05, 4.69) is 4.98 Å². The van der Waals surface area contributed by atoms with Gasteiger partial charge in [-0.05, 0) is 17.0 Å². The molecule has 0 radical (unpaired) electrons. The van der Waals surface area contributed by atoms with Crippen LogP contribution >= 0.6 is 0 Å². The number of hydrogen-bond acceptors (Lipinski definition) is 2. The maximum absolute atomic E-state index is 13.0. The highest BCUT2D eigenvalue weighted by Crippen LogP contribution is 2.16. The second kappa shape index (κ2) is 7.34. The number of aromatic nitrogens is 2. The predicted molar refractivity (Wildman–Crippen MR) is 100 cm³/mol. The Morgan fingerprint density at radius 1 is 0.880 bits per heavy atom. The first-order valence-electron chi connectivity index (χ1n) is 8.50. The number of aromatic amines is 1. The van der Waals surface area contributed by atoms with Crippen molar-refractivity contribution < 1.29 is 0 Å². The van der Waals surface area contributed by atoms with E-state index in [4.69, 9.17) is 0 Å². The molecule has 128 valence electrons. The van der Waals surface area contributed by atoms with Crippen LogP contribution in [0.4, 0.5) is 0 Å². The van der Waals surface area contributed by atoms with Crippen LogP contribution in [-0.4, -0.2) is 9.55 Å². The summed E-state index contributed by atoms with van der Waals surface area (Å²) in [6.45, 7) is 4.24. The molecule has 25 heavy (non-hydrogen) atoms. The third-order valence-corrected chi connectivity index (χ3v) is 4.29. The Morgan fingerprint density at radius 2 is 1.44 bits per heavy atom. The normalized spacial score (nSPS) is 11.0. The van der Waals surface area contributed by atoms with Gasteiger partial charge < -0.3 is 4.98 Å². The number of nitrogens with one attached hydrogen (secondary N) is 1. The SMILES string of the molecule is CC(C)c1c(Cc2ccccc2)[nH]c(=O)n(Cc2ccccc2)c1=O. The molecule has 0 atom stereocenters. The van der Waals surface area contributed by atoms with Gasteiger partial charge in [-0.15, -0.1) is 0 Å². The molecule has 1 aromatic heterocycles. The van der Waals surface area contributed by atoms with E-state index in [0.29, 0.717) is 17.7 Å². The third-order valence-electron chi connectivity index (χ3n) is 4.29. The van der Waals surface area contributed by atoms with Crippen LogP contribution in [-0.2, 0) is 13.0 Å². The molecule has 0 aliphatic rings. The average molecular weight is 334 g/mol. The van der Waals surface area contributed by atoms with Crippen LogP contribution < -0.4 is 11.2 Å². The molecule has 0 unspecified atom stereocenters. The van der Waals surface area contributed by atoms with E-state index in [1.807, 2.05) is 74.5 Å². The van der Waals surface area contributed by atoms with Crippen molar-refractivity contribution in [2.45, 2.75) is 32.7 Å². The number of benzene rings is 2. The minimum Gasteiger partial charge on any atom is -0.310 e. The first kappa shape index (κ1) is 17.0. The molecule has 0 aliphatic carbocycles. The Morgan fingerprint density at radius 3 is 2.00 bits per heavy atom. The molecular weight excluding hydrogens is 312 g/mol. The van der Waals surface area contributed by atoms with Gasteiger partial charge in [0.15, 0.2) is 0 Å². The molecule has 1 heterocycles. The molecule has 0 bridgehead atoms. The fourth-order valence-electron chi connectivity index (χ4n) is 3.08. The quantitative estimate of drug-likeness (QED) is 0.778. The lowest BCUT2D eigenvalue weighted by atomic mass is 9.98. The largest absolute Gasteiger partial charge is 0.328 e. The second-order valence-corrected chi connectivity index (χ2v) is 6.52. The fourth-order valence-corrected chi connectivity index (χ4v) is 3.08. The summed E-state index contributed by atoms with van der Waals surface area (Å²) in [7, 11) is 0. The number of H-pyrrole nitrogens is 1. The third kappa shape index (κ3) is 3.79. The Bertz CT molecular complexity index is 955. The Hall–Kier alpha value is -2.88. The van der Waals surface area contributed by atoms with Crippen molar-refractivity contribution in [3.8, 4) is 0 Å². The van der Waals surface area contributed by atoms with Crippen LogP contribution in [0, 0.1) is 0 Å². The molecule has 1 N–H and O–H groups in total. The Kier molecular flexibility index (Phi) is 4.98. The van der Waals surface area contributed by atoms with E-state index in [-0.39, 0.29) is 23.7 Å². The van der Waals surface area contributed by atoms with Crippen LogP contribution in [0.5, 0.6) is 0 Å². The van der Waals surface area contributed by atoms with Crippen LogP contribution in [0.25, 0.3) is 0 Å². The van der Waals surface area contributed by atoms with E-state index in [1.165, 1.54) is 4.57 Å². The van der Waals surface area contributed by atoms with Crippen molar-refractivity contribution in [1.82, 2.24) is 9.55 Å². The molecule has 0 spiro atoms. The lowest BCUT2D eigenvalue weighted by Crippen LogP contribution is -2.39. The molecule has 0 aliphatic heterocycles. The lowest BCUT2D eigenvalue weighted by Gasteiger charge is -2.15. The zero-order chi connectivity index (χ0) is 17.8. The predicted octanol–water partition coefficient (Wildman–Crippen LogP) is 3.30. The summed E-state index contributed by atoms with van der Waals surface area (Å²) < 4.78 is 1.29. The van der Waals surface area contributed by atoms with Crippen molar-refractivity contribution in [3.05, 3.63) is 104 Å². The summed E-state index contributed by atoms with van der Waals surface area (Å²) in [5, 5.41) is 0. The van der Waals surface area contributed by atoms with Crippen LogP contribution in [0.2, 0.25) is 0 Å². The zero-order valence-electron chi connectivity index (χ0n) is 14.5. The molecule has 3 rings (SSSR count). The van der Waals surface area contributed by atoms with Crippen molar-refractivity contribution >= 4 is 0 Å². The molecule has 4 nitrogen and oxygen atoms in total. The minimum atomic E-state index is -0.357. The van der Waals surface area contributed by atoms with Gasteiger partial charge in [0.2, 0.25) is 0 Å². The topological polar surface area (TPSA) is 54.9 Å². The average Bonchev–Trinajstić information content (AvgIpc) is 2.60. The zero-order valence-corrected chi connectivity index (χ0v) is 14.5. The minimum absolute atomic E-state index is 0.0325. The van der Waals surface area contributed by atoms with E-state index in [0.717, 1.165) is 11.1 Å². The van der Waals surface area contributed by atoms with Gasteiger partial charge in [-0.3, -0.25) is 9.36 Å². The molecule has 0 fully saturated rings. The maximum atomic E-state index is 13.0. The van der Waals surface area contributed by atoms with Crippen molar-refractivity contribution in [2.75, 3.05) is 0 Å². The first-order valence-corrected chi connectivity index (χ1v) is 8.50. The summed E-state index contributed by atoms with van der Waals surface area (Å²) in [5.41, 5.74) is 2.83. The van der Waals surface area contributed by atoms with E-state index >= 15 is 0 Å². The highest BCUT2D eigenvalue weighted by Gasteiger charge is 2.17. The summed E-state index contributed by atoms with van der Waals surface area (Å²) >= 11 is 0. The lowest BCUT2D eigenvalue weighted by molar-refractivity contribution is 0.656. The smallest absolute Gasteiger partial charge is 0.310 e. The van der Waals surface area contributed by atoms with Gasteiger partial charge in [0.1, 0.15) is 0 Å². The number of rotatable bonds is 5. The molecule has 0 saturated heterocycles. The standard InChI is InChI=1S/C21H22N2O2/c1-15(2)19-18(13-16-9-5-3-6-10-16)22-21(25)23(20(19)24)14-17-11-7-4-8-12-17/h3-12,15H,13-14H2,1-2H3,(H,22,25). The van der Waals surface area contributed by atoms with E-state index in [1.54, 1.807) is 0 Å². The molecule has 0 amide bonds. The summed E-state index contributed by atoms with van der Waals surface area (Å²) in [6, 6.07) is 19.4. The molecule has 0 saturated carbocycles. The second-order valence-electron chi connectivity index (χ2n) is 6.52. The first-order chi connectivity index (χ1) is 12.1. The fraction of sp³-hybridized carbons (Fsp3) is 0.238. The molecule has 2 aromatic carbocycles. The van der Waals surface area contributed by atoms with Crippen LogP contribution in [0.3, 0.4) is 0 Å². The van der Waals surface area contributed by atoms with Gasteiger partial charge in [-0.2, -0.15) is 0 Å². The molecular formula is C21H22N2O2. The number of nitrogens with zero attached hydrogens (tertiary/aromatic N) is 1. The van der Waals surface area contributed by atoms with Gasteiger partial charge in [0, 0.05) is 17.7 Å². The van der Waals surface area contributed by atoms with Crippen molar-refractivity contribution in [2.24, 2.45) is 0 Å². The van der Waals surface area contributed by atoms with E-state index < -0.39 is 0 Å². The van der Waals surface area contributed by atoms with Gasteiger partial charge in [0.25, 0.3) is 5.56 Å². The Balaban J connectivity index is 2.07. The van der Waals surface area contributed by atoms with Crippen molar-refractivity contribution in [3.63, 3.8) is 0 Å². The van der Waals surface area contributed by atoms with Crippen LogP contribution in [0.1, 0.15) is 42.1 Å². The van der Waals surface area contributed by atoms with Gasteiger partial charge in [-0.1, -0.05) is 74.5 Å². The monoisotopic (exact) mass is 334 g/mol. The highest BCUT2D eigenvalue weighted by atomic mass is 16.2. The summed E-state index contributed by atoms with van der Waals surface area (Å²) in [5.74, 6) is 0.0325. The number of hydrogen-bond donors (Lipinski definition) is 1. The van der Waals surface area contributed by atoms with Gasteiger partial charge >= 0.3 is 5.69 Å². The molecule has 4 heteroatoms.